The van der Waals surface area contributed by atoms with Crippen molar-refractivity contribution in [3.8, 4) is 0 Å². The van der Waals surface area contributed by atoms with Crippen LogP contribution in [0.3, 0.4) is 0 Å². The highest BCUT2D eigenvalue weighted by atomic mass is 16.4. The molecule has 0 amide bonds. The van der Waals surface area contributed by atoms with Gasteiger partial charge in [0.05, 0.1) is 55.3 Å². The Labute approximate surface area is 126 Å². The van der Waals surface area contributed by atoms with E-state index in [4.69, 9.17) is 15.3 Å². The smallest absolute Gasteiger partial charge is 0.328 e. The first-order valence-electron chi connectivity index (χ1n) is 6.63. The summed E-state index contributed by atoms with van der Waals surface area (Å²) in [6.45, 7) is 1.21. The molecular weight excluding hydrogens is 276 g/mol. The van der Waals surface area contributed by atoms with Gasteiger partial charge in [0.2, 0.25) is 0 Å². The average molecular weight is 306 g/mol. The number of aliphatic hydroxyl groups excluding tert-OH is 1. The minimum Gasteiger partial charge on any atom is -0.481 e. The largest absolute Gasteiger partial charge is 0.481 e. The third-order valence-electron chi connectivity index (χ3n) is 2.08. The zero-order valence-corrected chi connectivity index (χ0v) is 13.9. The van der Waals surface area contributed by atoms with E-state index in [1.165, 1.54) is 6.08 Å². The maximum absolute atomic E-state index is 10.1. The quantitative estimate of drug-likeness (QED) is 0.449. The van der Waals surface area contributed by atoms with E-state index >= 15 is 0 Å². The molecule has 3 N–H and O–H groups in total. The predicted molar refractivity (Wildman–Crippen MR) is 80.8 cm³/mol. The second kappa shape index (κ2) is 9.49. The van der Waals surface area contributed by atoms with Gasteiger partial charge in [-0.25, -0.2) is 4.79 Å². The molecule has 0 saturated heterocycles. The summed E-state index contributed by atoms with van der Waals surface area (Å²) in [4.78, 5) is 20.1. The van der Waals surface area contributed by atoms with Crippen molar-refractivity contribution in [3.63, 3.8) is 0 Å². The van der Waals surface area contributed by atoms with Crippen LogP contribution in [0.5, 0.6) is 0 Å². The molecule has 0 aromatic carbocycles. The second-order valence-corrected chi connectivity index (χ2v) is 6.94. The number of aliphatic carboxylic acids is 2. The van der Waals surface area contributed by atoms with Crippen LogP contribution >= 0.6 is 0 Å². The summed E-state index contributed by atoms with van der Waals surface area (Å²) < 4.78 is 1.33. The summed E-state index contributed by atoms with van der Waals surface area (Å²) in [5.74, 6) is -1.83. The summed E-state index contributed by atoms with van der Waals surface area (Å²) in [6.07, 6.45) is 1.91. The Hall–Kier alpha value is -1.44. The zero-order chi connectivity index (χ0) is 17.3. The van der Waals surface area contributed by atoms with Crippen LogP contribution < -0.4 is 0 Å². The molecule has 0 spiro atoms. The van der Waals surface area contributed by atoms with Gasteiger partial charge in [0, 0.05) is 6.08 Å². The molecule has 1 atom stereocenters. The Morgan fingerprint density at radius 3 is 1.76 bits per heavy atom. The number of carboxylic acid groups (broad SMARTS) is 2. The van der Waals surface area contributed by atoms with Gasteiger partial charge in [-0.3, -0.25) is 4.79 Å². The van der Waals surface area contributed by atoms with Crippen molar-refractivity contribution in [2.75, 3.05) is 55.4 Å². The van der Waals surface area contributed by atoms with Crippen molar-refractivity contribution in [3.05, 3.63) is 12.2 Å². The monoisotopic (exact) mass is 306 g/mol. The fraction of sp³-hybridized carbons (Fsp3) is 0.714. The van der Waals surface area contributed by atoms with E-state index in [1.54, 1.807) is 6.08 Å². The van der Waals surface area contributed by atoms with Crippen LogP contribution in [-0.2, 0) is 9.59 Å². The number of hydrogen-bond donors (Lipinski definition) is 3. The summed E-state index contributed by atoms with van der Waals surface area (Å²) in [7, 11) is 11.7. The Kier molecular flexibility index (Phi) is 9.87. The average Bonchev–Trinajstić information content (AvgIpc) is 2.09. The van der Waals surface area contributed by atoms with E-state index in [9.17, 15) is 9.59 Å². The topological polar surface area (TPSA) is 94.8 Å². The van der Waals surface area contributed by atoms with Gasteiger partial charge < -0.3 is 24.3 Å². The molecule has 0 aromatic rings. The molecule has 0 aliphatic carbocycles. The van der Waals surface area contributed by atoms with Crippen molar-refractivity contribution in [1.29, 1.82) is 0 Å². The zero-order valence-electron chi connectivity index (χ0n) is 13.9. The Morgan fingerprint density at radius 2 is 1.48 bits per heavy atom. The second-order valence-electron chi connectivity index (χ2n) is 6.94. The van der Waals surface area contributed by atoms with E-state index in [0.29, 0.717) is 11.0 Å². The van der Waals surface area contributed by atoms with Crippen molar-refractivity contribution in [2.24, 2.45) is 0 Å². The van der Waals surface area contributed by atoms with E-state index < -0.39 is 18.0 Å². The molecule has 124 valence electrons. The molecule has 0 aliphatic rings. The molecule has 0 aliphatic heterocycles. The fourth-order valence-electron chi connectivity index (χ4n) is 1.37. The van der Waals surface area contributed by atoms with Gasteiger partial charge in [-0.15, -0.1) is 0 Å². The van der Waals surface area contributed by atoms with Crippen molar-refractivity contribution < 1.29 is 33.9 Å². The molecule has 0 fully saturated rings. The number of rotatable bonds is 7. The number of likely N-dealkylation sites (N-methyl/N-ethyl adjacent to an activating group) is 2. The van der Waals surface area contributed by atoms with Crippen LogP contribution in [0, 0.1) is 0 Å². The molecule has 0 heterocycles. The van der Waals surface area contributed by atoms with Gasteiger partial charge in [-0.05, 0) is 6.08 Å². The Balaban J connectivity index is 0. The lowest BCUT2D eigenvalue weighted by atomic mass is 10.2. The van der Waals surface area contributed by atoms with Gasteiger partial charge in [0.1, 0.15) is 12.6 Å². The van der Waals surface area contributed by atoms with Crippen LogP contribution in [0.4, 0.5) is 0 Å². The molecule has 0 aromatic heterocycles. The summed E-state index contributed by atoms with van der Waals surface area (Å²) in [5.41, 5.74) is 0. The minimum atomic E-state index is -0.953. The molecule has 1 unspecified atom stereocenters. The summed E-state index contributed by atoms with van der Waals surface area (Å²) in [5, 5.41) is 25.7. The van der Waals surface area contributed by atoms with Gasteiger partial charge in [0.25, 0.3) is 0 Å². The Morgan fingerprint density at radius 1 is 1.00 bits per heavy atom. The van der Waals surface area contributed by atoms with E-state index in [-0.39, 0.29) is 6.42 Å². The maximum Gasteiger partial charge on any atom is 0.328 e. The first-order chi connectivity index (χ1) is 9.23. The van der Waals surface area contributed by atoms with Crippen LogP contribution in [-0.4, -0.2) is 97.7 Å². The lowest BCUT2D eigenvalue weighted by Crippen LogP contribution is -2.42. The number of carbonyl (C=O) groups is 2. The first kappa shape index (κ1) is 21.9. The van der Waals surface area contributed by atoms with Gasteiger partial charge >= 0.3 is 11.9 Å². The highest BCUT2D eigenvalue weighted by molar-refractivity contribution is 5.79. The van der Waals surface area contributed by atoms with Crippen LogP contribution in [0.15, 0.2) is 12.2 Å². The fourth-order valence-corrected chi connectivity index (χ4v) is 1.37. The SMILES string of the molecule is C[N+](C)(C)CC(O)CC(=O)O.C[N+](C)(C)CC=CC(=O)O. The lowest BCUT2D eigenvalue weighted by molar-refractivity contribution is -0.873. The Bertz CT molecular complexity index is 353. The molecule has 7 nitrogen and oxygen atoms in total. The molecule has 0 saturated carbocycles. The van der Waals surface area contributed by atoms with E-state index in [1.807, 2.05) is 42.3 Å². The molecular formula is C14H30N2O5+2. The van der Waals surface area contributed by atoms with Crippen LogP contribution in [0.1, 0.15) is 6.42 Å². The van der Waals surface area contributed by atoms with Crippen molar-refractivity contribution in [1.82, 2.24) is 0 Å². The summed E-state index contributed by atoms with van der Waals surface area (Å²) in [6, 6.07) is 0. The first-order valence-corrected chi connectivity index (χ1v) is 6.63. The molecule has 21 heavy (non-hydrogen) atoms. The van der Waals surface area contributed by atoms with Crippen molar-refractivity contribution >= 4 is 11.9 Å². The number of nitrogens with zero attached hydrogens (tertiary/aromatic N) is 2. The highest BCUT2D eigenvalue weighted by Crippen LogP contribution is 1.98. The van der Waals surface area contributed by atoms with Gasteiger partial charge in [0.15, 0.2) is 0 Å². The summed E-state index contributed by atoms with van der Waals surface area (Å²) >= 11 is 0. The number of hydrogen-bond acceptors (Lipinski definition) is 3. The molecule has 0 bridgehead atoms. The lowest BCUT2D eigenvalue weighted by Gasteiger charge is -2.25. The van der Waals surface area contributed by atoms with Gasteiger partial charge in [-0.2, -0.15) is 0 Å². The molecule has 0 radical (unpaired) electrons. The normalized spacial score (nSPS) is 13.5. The van der Waals surface area contributed by atoms with Gasteiger partial charge in [-0.1, -0.05) is 0 Å². The number of quaternary nitrogens is 2. The predicted octanol–water partition coefficient (Wildman–Crippen LogP) is -0.138. The third kappa shape index (κ3) is 24.0. The van der Waals surface area contributed by atoms with Crippen LogP contribution in [0.2, 0.25) is 0 Å². The standard InChI is InChI=1S/C7H15NO3.C7H13NO2/c1-8(2,3)5-6(9)4-7(10)11;1-8(2,3)6-4-5-7(9)10/h6,9H,4-5H2,1-3H3;4-5H,6H2,1-3H3/p+2. The highest BCUT2D eigenvalue weighted by Gasteiger charge is 2.17. The maximum atomic E-state index is 10.1. The van der Waals surface area contributed by atoms with Crippen molar-refractivity contribution in [2.45, 2.75) is 12.5 Å². The van der Waals surface area contributed by atoms with Crippen LogP contribution in [0.25, 0.3) is 0 Å². The molecule has 0 rings (SSSR count). The third-order valence-corrected chi connectivity index (χ3v) is 2.08. The molecule has 7 heteroatoms. The van der Waals surface area contributed by atoms with E-state index in [0.717, 1.165) is 11.0 Å². The number of aliphatic hydroxyl groups is 1. The number of carboxylic acids is 2. The minimum absolute atomic E-state index is 0.171. The van der Waals surface area contributed by atoms with E-state index in [2.05, 4.69) is 0 Å².